The molecule has 30 heavy (non-hydrogen) atoms. The van der Waals surface area contributed by atoms with Crippen LogP contribution < -0.4 is 9.62 Å². The van der Waals surface area contributed by atoms with Crippen LogP contribution >= 0.6 is 0 Å². The number of carbonyl (C=O) groups excluding carboxylic acids is 1. The van der Waals surface area contributed by atoms with Crippen molar-refractivity contribution >= 4 is 21.6 Å². The molecule has 5 nitrogen and oxygen atoms in total. The number of nitrogens with zero attached hydrogens (tertiary/aromatic N) is 1. The number of carbonyl (C=O) groups is 1. The molecule has 3 aromatic rings. The summed E-state index contributed by atoms with van der Waals surface area (Å²) in [7, 11) is -3.67. The molecule has 0 saturated carbocycles. The Hall–Kier alpha value is -3.12. The van der Waals surface area contributed by atoms with Crippen molar-refractivity contribution in [2.45, 2.75) is 25.9 Å². The van der Waals surface area contributed by atoms with Gasteiger partial charge in [-0.15, -0.1) is 0 Å². The Kier molecular flexibility index (Phi) is 6.57. The van der Waals surface area contributed by atoms with Gasteiger partial charge in [0.25, 0.3) is 0 Å². The van der Waals surface area contributed by atoms with Gasteiger partial charge in [0, 0.05) is 0 Å². The van der Waals surface area contributed by atoms with Crippen LogP contribution in [-0.4, -0.2) is 26.6 Å². The molecule has 1 unspecified atom stereocenters. The predicted octanol–water partition coefficient (Wildman–Crippen LogP) is 4.06. The molecule has 0 aromatic heterocycles. The molecule has 3 rings (SSSR count). The molecular weight excluding hydrogens is 396 g/mol. The highest BCUT2D eigenvalue weighted by molar-refractivity contribution is 7.92. The zero-order valence-electron chi connectivity index (χ0n) is 17.3. The minimum Gasteiger partial charge on any atom is -0.343 e. The summed E-state index contributed by atoms with van der Waals surface area (Å²) in [5, 5.41) is 3.04. The standard InChI is InChI=1S/C24H26N2O3S/c1-18-11-10-16-22(17-18)26(30(3,28)29)19(2)24(27)25-23(20-12-6-4-7-13-20)21-14-8-5-9-15-21/h4-17,19,23H,1-3H3,(H,25,27). The van der Waals surface area contributed by atoms with E-state index in [2.05, 4.69) is 5.32 Å². The monoisotopic (exact) mass is 422 g/mol. The van der Waals surface area contributed by atoms with Crippen molar-refractivity contribution < 1.29 is 13.2 Å². The lowest BCUT2D eigenvalue weighted by molar-refractivity contribution is -0.122. The molecule has 156 valence electrons. The van der Waals surface area contributed by atoms with Crippen LogP contribution in [-0.2, 0) is 14.8 Å². The van der Waals surface area contributed by atoms with Crippen molar-refractivity contribution in [1.29, 1.82) is 0 Å². The smallest absolute Gasteiger partial charge is 0.244 e. The molecule has 1 N–H and O–H groups in total. The van der Waals surface area contributed by atoms with Gasteiger partial charge in [-0.3, -0.25) is 9.10 Å². The average Bonchev–Trinajstić information content (AvgIpc) is 2.72. The van der Waals surface area contributed by atoms with E-state index < -0.39 is 16.1 Å². The molecule has 0 aliphatic heterocycles. The van der Waals surface area contributed by atoms with E-state index in [9.17, 15) is 13.2 Å². The lowest BCUT2D eigenvalue weighted by atomic mass is 9.98. The van der Waals surface area contributed by atoms with Crippen molar-refractivity contribution in [3.63, 3.8) is 0 Å². The minimum atomic E-state index is -3.67. The molecule has 0 aliphatic rings. The Balaban J connectivity index is 1.94. The van der Waals surface area contributed by atoms with Gasteiger partial charge in [-0.1, -0.05) is 72.8 Å². The zero-order chi connectivity index (χ0) is 21.7. The number of hydrogen-bond donors (Lipinski definition) is 1. The topological polar surface area (TPSA) is 66.5 Å². The predicted molar refractivity (Wildman–Crippen MR) is 121 cm³/mol. The van der Waals surface area contributed by atoms with Crippen molar-refractivity contribution in [2.75, 3.05) is 10.6 Å². The van der Waals surface area contributed by atoms with E-state index in [1.165, 1.54) is 4.31 Å². The molecule has 0 saturated heterocycles. The van der Waals surface area contributed by atoms with Crippen LogP contribution in [0.4, 0.5) is 5.69 Å². The fraction of sp³-hybridized carbons (Fsp3) is 0.208. The van der Waals surface area contributed by atoms with Crippen LogP contribution in [0.5, 0.6) is 0 Å². The van der Waals surface area contributed by atoms with E-state index in [1.54, 1.807) is 25.1 Å². The lowest BCUT2D eigenvalue weighted by Crippen LogP contribution is -2.48. The number of amides is 1. The lowest BCUT2D eigenvalue weighted by Gasteiger charge is -2.30. The summed E-state index contributed by atoms with van der Waals surface area (Å²) in [5.74, 6) is -0.375. The maximum absolute atomic E-state index is 13.2. The fourth-order valence-electron chi connectivity index (χ4n) is 3.49. The third-order valence-corrected chi connectivity index (χ3v) is 6.14. The van der Waals surface area contributed by atoms with Gasteiger partial charge in [0.1, 0.15) is 6.04 Å². The molecule has 3 aromatic carbocycles. The summed E-state index contributed by atoms with van der Waals surface area (Å²) >= 11 is 0. The van der Waals surface area contributed by atoms with Gasteiger partial charge < -0.3 is 5.32 Å². The second-order valence-electron chi connectivity index (χ2n) is 7.34. The number of anilines is 1. The Bertz CT molecular complexity index is 1060. The van der Waals surface area contributed by atoms with Crippen LogP contribution in [0.15, 0.2) is 84.9 Å². The van der Waals surface area contributed by atoms with Gasteiger partial charge in [0.2, 0.25) is 15.9 Å². The van der Waals surface area contributed by atoms with Gasteiger partial charge >= 0.3 is 0 Å². The molecule has 0 heterocycles. The first-order valence-electron chi connectivity index (χ1n) is 9.73. The molecule has 0 spiro atoms. The molecule has 0 aliphatic carbocycles. The Morgan fingerprint density at radius 2 is 1.40 bits per heavy atom. The highest BCUT2D eigenvalue weighted by Gasteiger charge is 2.30. The summed E-state index contributed by atoms with van der Waals surface area (Å²) in [6.45, 7) is 3.49. The summed E-state index contributed by atoms with van der Waals surface area (Å²) in [4.78, 5) is 13.2. The number of nitrogens with one attached hydrogen (secondary N) is 1. The van der Waals surface area contributed by atoms with Crippen LogP contribution in [0, 0.1) is 6.92 Å². The van der Waals surface area contributed by atoms with Gasteiger partial charge in [-0.2, -0.15) is 0 Å². The number of aryl methyl sites for hydroxylation is 1. The number of benzene rings is 3. The zero-order valence-corrected chi connectivity index (χ0v) is 18.1. The van der Waals surface area contributed by atoms with E-state index in [0.717, 1.165) is 22.9 Å². The summed E-state index contributed by atoms with van der Waals surface area (Å²) < 4.78 is 26.3. The van der Waals surface area contributed by atoms with E-state index >= 15 is 0 Å². The number of rotatable bonds is 7. The van der Waals surface area contributed by atoms with Crippen LogP contribution in [0.3, 0.4) is 0 Å². The Morgan fingerprint density at radius 1 is 0.867 bits per heavy atom. The Morgan fingerprint density at radius 3 is 1.87 bits per heavy atom. The molecule has 0 radical (unpaired) electrons. The first kappa shape index (κ1) is 21.6. The third-order valence-electron chi connectivity index (χ3n) is 4.90. The number of hydrogen-bond acceptors (Lipinski definition) is 3. The first-order valence-corrected chi connectivity index (χ1v) is 11.6. The molecule has 1 amide bonds. The molecule has 1 atom stereocenters. The van der Waals surface area contributed by atoms with Crippen LogP contribution in [0.2, 0.25) is 0 Å². The second-order valence-corrected chi connectivity index (χ2v) is 9.20. The third kappa shape index (κ3) is 5.07. The van der Waals surface area contributed by atoms with Gasteiger partial charge in [-0.05, 0) is 42.7 Å². The van der Waals surface area contributed by atoms with E-state index in [1.807, 2.05) is 73.7 Å². The highest BCUT2D eigenvalue weighted by Crippen LogP contribution is 2.25. The van der Waals surface area contributed by atoms with Crippen molar-refractivity contribution in [3.8, 4) is 0 Å². The molecular formula is C24H26N2O3S. The maximum Gasteiger partial charge on any atom is 0.244 e. The molecule has 0 fully saturated rings. The van der Waals surface area contributed by atoms with E-state index in [0.29, 0.717) is 5.69 Å². The van der Waals surface area contributed by atoms with Crippen molar-refractivity contribution in [2.24, 2.45) is 0 Å². The van der Waals surface area contributed by atoms with Gasteiger partial charge in [0.15, 0.2) is 0 Å². The highest BCUT2D eigenvalue weighted by atomic mass is 32.2. The number of sulfonamides is 1. The molecule has 6 heteroatoms. The van der Waals surface area contributed by atoms with Crippen molar-refractivity contribution in [1.82, 2.24) is 5.32 Å². The second kappa shape index (κ2) is 9.13. The summed E-state index contributed by atoms with van der Waals surface area (Å²) in [6.07, 6.45) is 1.12. The van der Waals surface area contributed by atoms with Gasteiger partial charge in [0.05, 0.1) is 18.0 Å². The SMILES string of the molecule is Cc1cccc(N(C(C)C(=O)NC(c2ccccc2)c2ccccc2)S(C)(=O)=O)c1. The molecule has 0 bridgehead atoms. The van der Waals surface area contributed by atoms with Crippen LogP contribution in [0.1, 0.15) is 29.7 Å². The van der Waals surface area contributed by atoms with Crippen molar-refractivity contribution in [3.05, 3.63) is 102 Å². The van der Waals surface area contributed by atoms with Gasteiger partial charge in [-0.25, -0.2) is 8.42 Å². The van der Waals surface area contributed by atoms with E-state index in [4.69, 9.17) is 0 Å². The largest absolute Gasteiger partial charge is 0.343 e. The summed E-state index contributed by atoms with van der Waals surface area (Å²) in [5.41, 5.74) is 3.23. The average molecular weight is 423 g/mol. The quantitative estimate of drug-likeness (QED) is 0.625. The van der Waals surface area contributed by atoms with E-state index in [-0.39, 0.29) is 11.9 Å². The Labute approximate surface area is 178 Å². The first-order chi connectivity index (χ1) is 14.3. The maximum atomic E-state index is 13.2. The fourth-order valence-corrected chi connectivity index (χ4v) is 4.65. The normalized spacial score (nSPS) is 12.4. The summed E-state index contributed by atoms with van der Waals surface area (Å²) in [6, 6.07) is 25.1. The minimum absolute atomic E-state index is 0.375. The van der Waals surface area contributed by atoms with Crippen LogP contribution in [0.25, 0.3) is 0 Å².